The van der Waals surface area contributed by atoms with E-state index in [2.05, 4.69) is 15.4 Å². The van der Waals surface area contributed by atoms with Crippen molar-refractivity contribution in [2.45, 2.75) is 0 Å². The number of hydrogen-bond acceptors (Lipinski definition) is 5. The van der Waals surface area contributed by atoms with Crippen molar-refractivity contribution in [1.82, 2.24) is 14.8 Å². The molecule has 0 radical (unpaired) electrons. The number of rotatable bonds is 8. The molecule has 1 heterocycles. The standard InChI is InChI=1S/C24H20F2N4O3/c1-32-13-14-33-24-28-22(16-5-7-18(25)8-6-16)30(29-24)21-11-9-20(10-12-21)27-23(31)17-3-2-4-19(26)15-17/h2-12,15H,13-14H2,1H3,(H,27,31). The Labute approximate surface area is 188 Å². The average molecular weight is 450 g/mol. The molecule has 0 atom stereocenters. The van der Waals surface area contributed by atoms with Crippen LogP contribution in [0.1, 0.15) is 10.4 Å². The van der Waals surface area contributed by atoms with Crippen LogP contribution >= 0.6 is 0 Å². The van der Waals surface area contributed by atoms with Crippen molar-refractivity contribution in [2.24, 2.45) is 0 Å². The quantitative estimate of drug-likeness (QED) is 0.400. The molecule has 4 rings (SSSR count). The zero-order chi connectivity index (χ0) is 23.2. The lowest BCUT2D eigenvalue weighted by molar-refractivity contribution is 0.102. The van der Waals surface area contributed by atoms with Crippen molar-refractivity contribution in [1.29, 1.82) is 0 Å². The summed E-state index contributed by atoms with van der Waals surface area (Å²) < 4.78 is 38.9. The number of carbonyl (C=O) groups is 1. The second-order valence-corrected chi connectivity index (χ2v) is 6.99. The summed E-state index contributed by atoms with van der Waals surface area (Å²) in [7, 11) is 1.56. The van der Waals surface area contributed by atoms with Gasteiger partial charge in [0.1, 0.15) is 18.2 Å². The third-order valence-electron chi connectivity index (χ3n) is 4.67. The summed E-state index contributed by atoms with van der Waals surface area (Å²) in [4.78, 5) is 16.8. The highest BCUT2D eigenvalue weighted by atomic mass is 19.1. The van der Waals surface area contributed by atoms with E-state index < -0.39 is 11.7 Å². The van der Waals surface area contributed by atoms with Gasteiger partial charge in [0.15, 0.2) is 5.82 Å². The van der Waals surface area contributed by atoms with Crippen molar-refractivity contribution in [2.75, 3.05) is 25.6 Å². The number of methoxy groups -OCH3 is 1. The Morgan fingerprint density at radius 3 is 2.42 bits per heavy atom. The SMILES string of the molecule is COCCOc1nc(-c2ccc(F)cc2)n(-c2ccc(NC(=O)c3cccc(F)c3)cc2)n1. The van der Waals surface area contributed by atoms with Crippen LogP contribution in [-0.4, -0.2) is 41.0 Å². The van der Waals surface area contributed by atoms with E-state index in [9.17, 15) is 13.6 Å². The van der Waals surface area contributed by atoms with E-state index in [0.29, 0.717) is 29.4 Å². The second-order valence-electron chi connectivity index (χ2n) is 6.99. The van der Waals surface area contributed by atoms with Gasteiger partial charge in [0.25, 0.3) is 5.91 Å². The van der Waals surface area contributed by atoms with Gasteiger partial charge in [-0.05, 0) is 66.7 Å². The maximum Gasteiger partial charge on any atom is 0.336 e. The molecule has 1 N–H and O–H groups in total. The number of hydrogen-bond donors (Lipinski definition) is 1. The number of ether oxygens (including phenoxy) is 2. The molecular formula is C24H20F2N4O3. The van der Waals surface area contributed by atoms with Crippen LogP contribution in [0.15, 0.2) is 72.8 Å². The van der Waals surface area contributed by atoms with Gasteiger partial charge >= 0.3 is 6.01 Å². The molecule has 0 fully saturated rings. The van der Waals surface area contributed by atoms with E-state index in [-0.39, 0.29) is 24.0 Å². The van der Waals surface area contributed by atoms with E-state index in [4.69, 9.17) is 9.47 Å². The first-order chi connectivity index (χ1) is 16.0. The van der Waals surface area contributed by atoms with Crippen molar-refractivity contribution < 1.29 is 23.0 Å². The molecule has 0 aliphatic heterocycles. The Bertz CT molecular complexity index is 1240. The minimum atomic E-state index is -0.485. The monoisotopic (exact) mass is 450 g/mol. The predicted molar refractivity (Wildman–Crippen MR) is 118 cm³/mol. The van der Waals surface area contributed by atoms with Gasteiger partial charge in [-0.1, -0.05) is 6.07 Å². The molecule has 0 unspecified atom stereocenters. The maximum absolute atomic E-state index is 13.4. The molecule has 3 aromatic carbocycles. The van der Waals surface area contributed by atoms with E-state index in [0.717, 1.165) is 0 Å². The van der Waals surface area contributed by atoms with Crippen molar-refractivity contribution in [3.8, 4) is 23.1 Å². The van der Waals surface area contributed by atoms with E-state index >= 15 is 0 Å². The zero-order valence-corrected chi connectivity index (χ0v) is 17.7. The van der Waals surface area contributed by atoms with Crippen LogP contribution in [0.4, 0.5) is 14.5 Å². The van der Waals surface area contributed by atoms with Gasteiger partial charge in [-0.2, -0.15) is 4.98 Å². The Kier molecular flexibility index (Phi) is 6.70. The third-order valence-corrected chi connectivity index (χ3v) is 4.67. The predicted octanol–water partition coefficient (Wildman–Crippen LogP) is 4.49. The Balaban J connectivity index is 1.59. The molecule has 1 aromatic heterocycles. The minimum Gasteiger partial charge on any atom is -0.460 e. The minimum absolute atomic E-state index is 0.148. The lowest BCUT2D eigenvalue weighted by atomic mass is 10.2. The van der Waals surface area contributed by atoms with Gasteiger partial charge in [-0.25, -0.2) is 13.5 Å². The smallest absolute Gasteiger partial charge is 0.336 e. The molecular weight excluding hydrogens is 430 g/mol. The largest absolute Gasteiger partial charge is 0.460 e. The Hall–Kier alpha value is -4.11. The van der Waals surface area contributed by atoms with E-state index in [1.54, 1.807) is 48.2 Å². The molecule has 0 aliphatic carbocycles. The fourth-order valence-corrected chi connectivity index (χ4v) is 3.06. The lowest BCUT2D eigenvalue weighted by Crippen LogP contribution is -2.12. The van der Waals surface area contributed by atoms with Gasteiger partial charge in [0.2, 0.25) is 0 Å². The normalized spacial score (nSPS) is 10.8. The molecule has 4 aromatic rings. The van der Waals surface area contributed by atoms with Crippen LogP contribution in [0.5, 0.6) is 6.01 Å². The fraction of sp³-hybridized carbons (Fsp3) is 0.125. The molecule has 0 spiro atoms. The number of aromatic nitrogens is 3. The topological polar surface area (TPSA) is 78.3 Å². The Morgan fingerprint density at radius 1 is 0.970 bits per heavy atom. The van der Waals surface area contributed by atoms with Crippen LogP contribution in [0.25, 0.3) is 17.1 Å². The van der Waals surface area contributed by atoms with Crippen LogP contribution in [0.2, 0.25) is 0 Å². The van der Waals surface area contributed by atoms with Crippen LogP contribution in [-0.2, 0) is 4.74 Å². The summed E-state index contributed by atoms with van der Waals surface area (Å²) in [6.45, 7) is 0.647. The molecule has 7 nitrogen and oxygen atoms in total. The lowest BCUT2D eigenvalue weighted by Gasteiger charge is -2.09. The van der Waals surface area contributed by atoms with E-state index in [1.165, 1.54) is 36.4 Å². The Morgan fingerprint density at radius 2 is 1.73 bits per heavy atom. The summed E-state index contributed by atoms with van der Waals surface area (Å²) in [5, 5.41) is 7.13. The summed E-state index contributed by atoms with van der Waals surface area (Å²) >= 11 is 0. The maximum atomic E-state index is 13.4. The summed E-state index contributed by atoms with van der Waals surface area (Å²) in [5.41, 5.74) is 2.03. The molecule has 9 heteroatoms. The second kappa shape index (κ2) is 10.0. The van der Waals surface area contributed by atoms with E-state index in [1.807, 2.05) is 0 Å². The number of nitrogens with zero attached hydrogens (tertiary/aromatic N) is 3. The summed E-state index contributed by atoms with van der Waals surface area (Å²) in [6.07, 6.45) is 0. The van der Waals surface area contributed by atoms with Gasteiger partial charge < -0.3 is 14.8 Å². The molecule has 1 amide bonds. The molecule has 33 heavy (non-hydrogen) atoms. The summed E-state index contributed by atoms with van der Waals surface area (Å²) in [5.74, 6) is -0.816. The first-order valence-corrected chi connectivity index (χ1v) is 10.1. The summed E-state index contributed by atoms with van der Waals surface area (Å²) in [6, 6.07) is 18.3. The number of anilines is 1. The zero-order valence-electron chi connectivity index (χ0n) is 17.7. The van der Waals surface area contributed by atoms with Gasteiger partial charge in [0.05, 0.1) is 12.3 Å². The van der Waals surface area contributed by atoms with Crippen LogP contribution in [0.3, 0.4) is 0 Å². The molecule has 0 bridgehead atoms. The highest BCUT2D eigenvalue weighted by molar-refractivity contribution is 6.04. The number of carbonyl (C=O) groups excluding carboxylic acids is 1. The van der Waals surface area contributed by atoms with Crippen molar-refractivity contribution >= 4 is 11.6 Å². The number of nitrogens with one attached hydrogen (secondary N) is 1. The van der Waals surface area contributed by atoms with Gasteiger partial charge in [-0.15, -0.1) is 5.10 Å². The van der Waals surface area contributed by atoms with Crippen molar-refractivity contribution in [3.05, 3.63) is 90.0 Å². The number of benzene rings is 3. The van der Waals surface area contributed by atoms with Crippen molar-refractivity contribution in [3.63, 3.8) is 0 Å². The number of amides is 1. The van der Waals surface area contributed by atoms with Gasteiger partial charge in [-0.3, -0.25) is 4.79 Å². The molecule has 0 aliphatic rings. The first kappa shape index (κ1) is 22.1. The molecule has 0 saturated carbocycles. The highest BCUT2D eigenvalue weighted by Gasteiger charge is 2.15. The number of halogens is 2. The van der Waals surface area contributed by atoms with Gasteiger partial charge in [0, 0.05) is 23.9 Å². The highest BCUT2D eigenvalue weighted by Crippen LogP contribution is 2.25. The van der Waals surface area contributed by atoms with Crippen LogP contribution in [0, 0.1) is 11.6 Å². The molecule has 168 valence electrons. The first-order valence-electron chi connectivity index (χ1n) is 10.1. The average Bonchev–Trinajstić information content (AvgIpc) is 3.24. The third kappa shape index (κ3) is 5.39. The molecule has 0 saturated heterocycles. The fourth-order valence-electron chi connectivity index (χ4n) is 3.06. The van der Waals surface area contributed by atoms with Crippen LogP contribution < -0.4 is 10.1 Å².